The molecule has 1 heterocycles. The van der Waals surface area contributed by atoms with Gasteiger partial charge in [-0.3, -0.25) is 4.79 Å². The maximum Gasteiger partial charge on any atom is 0.335 e. The number of nitrogens with zero attached hydrogens (tertiary/aromatic N) is 2. The first-order valence-corrected chi connectivity index (χ1v) is 6.75. The molecule has 3 aromatic rings. The number of hydrogen-bond acceptors (Lipinski definition) is 4. The molecule has 1 aromatic heterocycles. The van der Waals surface area contributed by atoms with E-state index in [1.807, 2.05) is 0 Å². The van der Waals surface area contributed by atoms with Crippen molar-refractivity contribution in [3.63, 3.8) is 0 Å². The van der Waals surface area contributed by atoms with Gasteiger partial charge >= 0.3 is 5.97 Å². The number of hydrogen-bond donors (Lipinski definition) is 1. The van der Waals surface area contributed by atoms with Crippen LogP contribution in [0.25, 0.3) is 5.69 Å². The highest BCUT2D eigenvalue weighted by Gasteiger charge is 2.13. The van der Waals surface area contributed by atoms with Crippen LogP contribution in [0.15, 0.2) is 60.9 Å². The third-order valence-corrected chi connectivity index (χ3v) is 3.33. The fraction of sp³-hybridized carbons (Fsp3) is 0. The number of carboxylic acids is 1. The highest BCUT2D eigenvalue weighted by molar-refractivity contribution is 6.10. The zero-order valence-corrected chi connectivity index (χ0v) is 11.8. The lowest BCUT2D eigenvalue weighted by molar-refractivity contribution is -0.268. The van der Waals surface area contributed by atoms with Crippen molar-refractivity contribution in [1.82, 2.24) is 9.78 Å². The van der Waals surface area contributed by atoms with Gasteiger partial charge in [0.1, 0.15) is 0 Å². The molecule has 0 atom stereocenters. The Morgan fingerprint density at radius 2 is 1.83 bits per heavy atom. The van der Waals surface area contributed by atoms with Crippen molar-refractivity contribution in [3.05, 3.63) is 77.6 Å². The van der Waals surface area contributed by atoms with E-state index >= 15 is 0 Å². The molecule has 0 bridgehead atoms. The predicted octanol–water partition coefficient (Wildman–Crippen LogP) is 1.88. The molecule has 0 spiro atoms. The van der Waals surface area contributed by atoms with E-state index in [-0.39, 0.29) is 22.4 Å². The Labute approximate surface area is 131 Å². The quantitative estimate of drug-likeness (QED) is 0.742. The summed E-state index contributed by atoms with van der Waals surface area (Å²) in [6, 6.07) is 12.2. The van der Waals surface area contributed by atoms with E-state index in [0.29, 0.717) is 5.69 Å². The predicted molar refractivity (Wildman–Crippen MR) is 79.8 cm³/mol. The molecule has 2 aromatic carbocycles. The van der Waals surface area contributed by atoms with Crippen LogP contribution in [0.3, 0.4) is 0 Å². The standard InChI is InChI=1S/C17H12N2O4/c20-15-7-2-1-6-14(15)16(21)12-9-18-19(10-12)13-5-3-4-11(8-13)17(22)23/h1-10,20H,(H,22,23)/p-1. The van der Waals surface area contributed by atoms with Crippen molar-refractivity contribution < 1.29 is 19.8 Å². The SMILES string of the molecule is O=C(O)c1cccc(-n2cc(C(=O)c3ccccc3[O-])cn2)c1. The van der Waals surface area contributed by atoms with Gasteiger partial charge in [-0.15, -0.1) is 0 Å². The smallest absolute Gasteiger partial charge is 0.335 e. The molecule has 0 saturated carbocycles. The molecule has 3 rings (SSSR count). The number of aromatic carboxylic acids is 1. The van der Waals surface area contributed by atoms with Crippen molar-refractivity contribution in [2.45, 2.75) is 0 Å². The summed E-state index contributed by atoms with van der Waals surface area (Å²) < 4.78 is 1.40. The van der Waals surface area contributed by atoms with Crippen LogP contribution >= 0.6 is 0 Å². The molecule has 0 aliphatic rings. The first-order valence-electron chi connectivity index (χ1n) is 6.75. The van der Waals surface area contributed by atoms with Gasteiger partial charge in [0.15, 0.2) is 5.78 Å². The summed E-state index contributed by atoms with van der Waals surface area (Å²) in [6.07, 6.45) is 2.82. The minimum atomic E-state index is -1.05. The molecule has 23 heavy (non-hydrogen) atoms. The molecule has 1 N–H and O–H groups in total. The third-order valence-electron chi connectivity index (χ3n) is 3.33. The minimum Gasteiger partial charge on any atom is -0.872 e. The van der Waals surface area contributed by atoms with Gasteiger partial charge in [-0.05, 0) is 18.2 Å². The van der Waals surface area contributed by atoms with E-state index < -0.39 is 11.8 Å². The fourth-order valence-corrected chi connectivity index (χ4v) is 2.17. The zero-order chi connectivity index (χ0) is 16.4. The van der Waals surface area contributed by atoms with Crippen molar-refractivity contribution in [2.75, 3.05) is 0 Å². The number of benzene rings is 2. The summed E-state index contributed by atoms with van der Waals surface area (Å²) in [7, 11) is 0. The minimum absolute atomic E-state index is 0.0753. The van der Waals surface area contributed by atoms with Gasteiger partial charge in [0.05, 0.1) is 23.0 Å². The Balaban J connectivity index is 1.95. The molecule has 6 heteroatoms. The van der Waals surface area contributed by atoms with E-state index in [9.17, 15) is 14.7 Å². The van der Waals surface area contributed by atoms with Crippen molar-refractivity contribution in [3.8, 4) is 11.4 Å². The number of carbonyl (C=O) groups is 2. The van der Waals surface area contributed by atoms with Gasteiger partial charge in [-0.1, -0.05) is 36.1 Å². The van der Waals surface area contributed by atoms with Crippen LogP contribution in [0, 0.1) is 0 Å². The molecule has 0 unspecified atom stereocenters. The van der Waals surface area contributed by atoms with Crippen LogP contribution < -0.4 is 5.11 Å². The van der Waals surface area contributed by atoms with E-state index in [0.717, 1.165) is 0 Å². The first kappa shape index (κ1) is 14.5. The summed E-state index contributed by atoms with van der Waals surface area (Å²) in [5.74, 6) is -1.81. The van der Waals surface area contributed by atoms with Crippen LogP contribution in [0.4, 0.5) is 0 Å². The molecule has 6 nitrogen and oxygen atoms in total. The summed E-state index contributed by atoms with van der Waals surface area (Å²) in [4.78, 5) is 23.3. The molecule has 0 aliphatic heterocycles. The van der Waals surface area contributed by atoms with Crippen LogP contribution in [0.5, 0.6) is 5.75 Å². The number of para-hydroxylation sites is 1. The lowest BCUT2D eigenvalue weighted by atomic mass is 10.1. The van der Waals surface area contributed by atoms with E-state index in [4.69, 9.17) is 5.11 Å². The topological polar surface area (TPSA) is 95.2 Å². The monoisotopic (exact) mass is 307 g/mol. The van der Waals surface area contributed by atoms with E-state index in [2.05, 4.69) is 5.10 Å². The average molecular weight is 307 g/mol. The molecule has 0 amide bonds. The van der Waals surface area contributed by atoms with Gasteiger partial charge in [0.25, 0.3) is 0 Å². The number of carbonyl (C=O) groups excluding carboxylic acids is 1. The zero-order valence-electron chi connectivity index (χ0n) is 11.8. The van der Waals surface area contributed by atoms with Gasteiger partial charge in [-0.2, -0.15) is 5.10 Å². The Morgan fingerprint density at radius 3 is 2.57 bits per heavy atom. The van der Waals surface area contributed by atoms with E-state index in [1.54, 1.807) is 24.3 Å². The Hall–Kier alpha value is -3.41. The van der Waals surface area contributed by atoms with Crippen LogP contribution in [0.1, 0.15) is 26.3 Å². The van der Waals surface area contributed by atoms with Gasteiger partial charge in [0.2, 0.25) is 0 Å². The van der Waals surface area contributed by atoms with Crippen LogP contribution in [-0.4, -0.2) is 26.6 Å². The third kappa shape index (κ3) is 2.82. The number of aromatic nitrogens is 2. The molecule has 0 fully saturated rings. The molecule has 114 valence electrons. The number of rotatable bonds is 4. The summed E-state index contributed by atoms with van der Waals surface area (Å²) >= 11 is 0. The Bertz CT molecular complexity index is 899. The molecule has 0 aliphatic carbocycles. The highest BCUT2D eigenvalue weighted by atomic mass is 16.4. The van der Waals surface area contributed by atoms with E-state index in [1.165, 1.54) is 41.3 Å². The lowest BCUT2D eigenvalue weighted by Gasteiger charge is -2.10. The Morgan fingerprint density at radius 1 is 1.04 bits per heavy atom. The number of ketones is 1. The van der Waals surface area contributed by atoms with Crippen LogP contribution in [0.2, 0.25) is 0 Å². The highest BCUT2D eigenvalue weighted by Crippen LogP contribution is 2.18. The second kappa shape index (κ2) is 5.76. The average Bonchev–Trinajstić information content (AvgIpc) is 3.05. The second-order valence-electron chi connectivity index (χ2n) is 4.85. The fourth-order valence-electron chi connectivity index (χ4n) is 2.17. The molecular formula is C17H11N2O4-. The summed E-state index contributed by atoms with van der Waals surface area (Å²) in [5.41, 5.74) is 0.968. The van der Waals surface area contributed by atoms with Gasteiger partial charge < -0.3 is 10.2 Å². The van der Waals surface area contributed by atoms with Crippen molar-refractivity contribution in [1.29, 1.82) is 0 Å². The first-order chi connectivity index (χ1) is 11.1. The Kier molecular flexibility index (Phi) is 3.64. The normalized spacial score (nSPS) is 10.4. The number of carboxylic acid groups (broad SMARTS) is 1. The second-order valence-corrected chi connectivity index (χ2v) is 4.85. The molecular weight excluding hydrogens is 296 g/mol. The van der Waals surface area contributed by atoms with Gasteiger partial charge in [0, 0.05) is 11.8 Å². The molecule has 0 saturated heterocycles. The lowest BCUT2D eigenvalue weighted by Crippen LogP contribution is -2.05. The van der Waals surface area contributed by atoms with Gasteiger partial charge in [-0.25, -0.2) is 9.48 Å². The molecule has 0 radical (unpaired) electrons. The van der Waals surface area contributed by atoms with Crippen molar-refractivity contribution >= 4 is 11.8 Å². The summed E-state index contributed by atoms with van der Waals surface area (Å²) in [6.45, 7) is 0. The largest absolute Gasteiger partial charge is 0.872 e. The maximum absolute atomic E-state index is 12.3. The maximum atomic E-state index is 12.3. The van der Waals surface area contributed by atoms with Crippen LogP contribution in [-0.2, 0) is 0 Å². The van der Waals surface area contributed by atoms with Crippen molar-refractivity contribution in [2.24, 2.45) is 0 Å². The summed E-state index contributed by atoms with van der Waals surface area (Å²) in [5, 5.41) is 24.8.